The van der Waals surface area contributed by atoms with Crippen LogP contribution >= 0.6 is 0 Å². The zero-order valence-corrected chi connectivity index (χ0v) is 17.0. The van der Waals surface area contributed by atoms with Gasteiger partial charge in [0.2, 0.25) is 5.91 Å². The maximum absolute atomic E-state index is 12.2. The quantitative estimate of drug-likeness (QED) is 0.702. The first-order valence-corrected chi connectivity index (χ1v) is 10.5. The Morgan fingerprint density at radius 2 is 2.04 bits per heavy atom. The van der Waals surface area contributed by atoms with Crippen LogP contribution < -0.4 is 4.90 Å². The Hall–Kier alpha value is -1.59. The van der Waals surface area contributed by atoms with Crippen molar-refractivity contribution in [1.29, 1.82) is 0 Å². The summed E-state index contributed by atoms with van der Waals surface area (Å²) in [6.45, 7) is 6.40. The Morgan fingerprint density at radius 1 is 1.22 bits per heavy atom. The lowest BCUT2D eigenvalue weighted by Gasteiger charge is -2.29. The highest BCUT2D eigenvalue weighted by atomic mass is 16.5. The van der Waals surface area contributed by atoms with Crippen molar-refractivity contribution in [2.45, 2.75) is 32.1 Å². The van der Waals surface area contributed by atoms with Crippen molar-refractivity contribution >= 4 is 11.6 Å². The number of benzene rings is 1. The SMILES string of the molecule is CN(C)C(=O)CN(CCc1cccc(N2CCCCC2)c1)CC1CCOC1. The fourth-order valence-electron chi connectivity index (χ4n) is 4.01. The van der Waals surface area contributed by atoms with E-state index >= 15 is 0 Å². The number of amides is 1. The van der Waals surface area contributed by atoms with Crippen LogP contribution in [0.5, 0.6) is 0 Å². The molecule has 3 rings (SSSR count). The minimum atomic E-state index is 0.177. The highest BCUT2D eigenvalue weighted by Gasteiger charge is 2.21. The van der Waals surface area contributed by atoms with Gasteiger partial charge in [-0.1, -0.05) is 12.1 Å². The molecule has 0 N–H and O–H groups in total. The molecule has 0 aliphatic carbocycles. The normalized spacial score (nSPS) is 20.3. The van der Waals surface area contributed by atoms with Crippen LogP contribution in [0, 0.1) is 5.92 Å². The van der Waals surface area contributed by atoms with Gasteiger partial charge in [0.1, 0.15) is 0 Å². The summed E-state index contributed by atoms with van der Waals surface area (Å²) < 4.78 is 5.53. The standard InChI is InChI=1S/C22H35N3O2/c1-23(2)22(26)17-24(16-20-10-14-27-18-20)13-9-19-7-6-8-21(15-19)25-11-4-3-5-12-25/h6-8,15,20H,3-5,9-14,16-18H2,1-2H3. The average molecular weight is 374 g/mol. The van der Waals surface area contributed by atoms with E-state index in [9.17, 15) is 4.79 Å². The van der Waals surface area contributed by atoms with Crippen molar-refractivity contribution in [3.8, 4) is 0 Å². The lowest BCUT2D eigenvalue weighted by molar-refractivity contribution is -0.130. The molecule has 1 atom stereocenters. The maximum Gasteiger partial charge on any atom is 0.236 e. The maximum atomic E-state index is 12.2. The first kappa shape index (κ1) is 20.2. The van der Waals surface area contributed by atoms with Crippen molar-refractivity contribution in [3.63, 3.8) is 0 Å². The van der Waals surface area contributed by atoms with Crippen LogP contribution in [0.15, 0.2) is 24.3 Å². The Labute approximate surface area is 164 Å². The van der Waals surface area contributed by atoms with E-state index in [0.29, 0.717) is 12.5 Å². The molecule has 2 saturated heterocycles. The summed E-state index contributed by atoms with van der Waals surface area (Å²) in [4.78, 5) is 18.8. The number of nitrogens with zero attached hydrogens (tertiary/aromatic N) is 3. The Bertz CT molecular complexity index is 593. The second kappa shape index (κ2) is 10.1. The van der Waals surface area contributed by atoms with E-state index in [1.54, 1.807) is 4.90 Å². The van der Waals surface area contributed by atoms with Crippen LogP contribution in [0.4, 0.5) is 5.69 Å². The number of rotatable bonds is 8. The van der Waals surface area contributed by atoms with Crippen LogP contribution in [0.1, 0.15) is 31.2 Å². The summed E-state index contributed by atoms with van der Waals surface area (Å²) in [7, 11) is 3.67. The van der Waals surface area contributed by atoms with Gasteiger partial charge in [0.25, 0.3) is 0 Å². The molecule has 2 fully saturated rings. The van der Waals surface area contributed by atoms with Gasteiger partial charge in [-0.3, -0.25) is 9.69 Å². The minimum absolute atomic E-state index is 0.177. The van der Waals surface area contributed by atoms with Gasteiger partial charge in [0.05, 0.1) is 13.2 Å². The van der Waals surface area contributed by atoms with Crippen LogP contribution in [-0.2, 0) is 16.0 Å². The predicted octanol–water partition coefficient (Wildman–Crippen LogP) is 2.65. The van der Waals surface area contributed by atoms with Gasteiger partial charge < -0.3 is 14.5 Å². The van der Waals surface area contributed by atoms with Crippen LogP contribution in [0.3, 0.4) is 0 Å². The van der Waals surface area contributed by atoms with Crippen molar-refractivity contribution in [2.75, 3.05) is 64.9 Å². The number of piperidine rings is 1. The highest BCUT2D eigenvalue weighted by molar-refractivity contribution is 5.77. The largest absolute Gasteiger partial charge is 0.381 e. The molecular formula is C22H35N3O2. The molecule has 1 amide bonds. The molecule has 150 valence electrons. The highest BCUT2D eigenvalue weighted by Crippen LogP contribution is 2.21. The minimum Gasteiger partial charge on any atom is -0.381 e. The lowest BCUT2D eigenvalue weighted by Crippen LogP contribution is -2.40. The van der Waals surface area contributed by atoms with Gasteiger partial charge >= 0.3 is 0 Å². The summed E-state index contributed by atoms with van der Waals surface area (Å²) in [5, 5.41) is 0. The molecule has 1 unspecified atom stereocenters. The molecule has 1 aromatic carbocycles. The van der Waals surface area contributed by atoms with E-state index in [0.717, 1.165) is 39.1 Å². The molecule has 2 heterocycles. The monoisotopic (exact) mass is 373 g/mol. The summed E-state index contributed by atoms with van der Waals surface area (Å²) in [6, 6.07) is 8.98. The predicted molar refractivity (Wildman–Crippen MR) is 110 cm³/mol. The molecule has 0 saturated carbocycles. The fourth-order valence-corrected chi connectivity index (χ4v) is 4.01. The molecule has 2 aliphatic heterocycles. The summed E-state index contributed by atoms with van der Waals surface area (Å²) in [5.41, 5.74) is 2.72. The van der Waals surface area contributed by atoms with Crippen molar-refractivity contribution in [2.24, 2.45) is 5.92 Å². The topological polar surface area (TPSA) is 36.0 Å². The fraction of sp³-hybridized carbons (Fsp3) is 0.682. The molecule has 0 radical (unpaired) electrons. The zero-order chi connectivity index (χ0) is 19.1. The Morgan fingerprint density at radius 3 is 2.74 bits per heavy atom. The summed E-state index contributed by atoms with van der Waals surface area (Å²) >= 11 is 0. The summed E-state index contributed by atoms with van der Waals surface area (Å²) in [6.07, 6.45) is 6.05. The lowest BCUT2D eigenvalue weighted by atomic mass is 10.1. The molecule has 5 heteroatoms. The number of likely N-dealkylation sites (N-methyl/N-ethyl adjacent to an activating group) is 1. The second-order valence-electron chi connectivity index (χ2n) is 8.22. The van der Waals surface area contributed by atoms with Crippen molar-refractivity contribution in [1.82, 2.24) is 9.80 Å². The zero-order valence-electron chi connectivity index (χ0n) is 17.0. The molecule has 27 heavy (non-hydrogen) atoms. The Kier molecular flexibility index (Phi) is 7.53. The molecule has 1 aromatic rings. The number of ether oxygens (including phenoxy) is 1. The van der Waals surface area contributed by atoms with Crippen molar-refractivity contribution < 1.29 is 9.53 Å². The third-order valence-corrected chi connectivity index (χ3v) is 5.75. The van der Waals surface area contributed by atoms with Crippen molar-refractivity contribution in [3.05, 3.63) is 29.8 Å². The van der Waals surface area contributed by atoms with E-state index in [1.165, 1.54) is 43.6 Å². The molecule has 0 bridgehead atoms. The van der Waals surface area contributed by atoms with E-state index in [-0.39, 0.29) is 5.91 Å². The van der Waals surface area contributed by atoms with E-state index in [1.807, 2.05) is 14.1 Å². The van der Waals surface area contributed by atoms with E-state index in [4.69, 9.17) is 4.74 Å². The van der Waals surface area contributed by atoms with E-state index < -0.39 is 0 Å². The molecule has 5 nitrogen and oxygen atoms in total. The second-order valence-corrected chi connectivity index (χ2v) is 8.22. The average Bonchev–Trinajstić information content (AvgIpc) is 3.20. The van der Waals surface area contributed by atoms with Gasteiger partial charge in [-0.25, -0.2) is 0 Å². The number of anilines is 1. The van der Waals surface area contributed by atoms with Crippen LogP contribution in [0.2, 0.25) is 0 Å². The van der Waals surface area contributed by atoms with Gasteiger partial charge in [-0.15, -0.1) is 0 Å². The third kappa shape index (κ3) is 6.22. The van der Waals surface area contributed by atoms with Crippen LogP contribution in [0.25, 0.3) is 0 Å². The van der Waals surface area contributed by atoms with E-state index in [2.05, 4.69) is 34.1 Å². The van der Waals surface area contributed by atoms with Gasteiger partial charge in [0, 0.05) is 52.6 Å². The molecule has 0 spiro atoms. The molecule has 0 aromatic heterocycles. The van der Waals surface area contributed by atoms with Gasteiger partial charge in [0.15, 0.2) is 0 Å². The number of carbonyl (C=O) groups is 1. The first-order valence-electron chi connectivity index (χ1n) is 10.5. The number of carbonyl (C=O) groups excluding carboxylic acids is 1. The third-order valence-electron chi connectivity index (χ3n) is 5.75. The van der Waals surface area contributed by atoms with Gasteiger partial charge in [-0.2, -0.15) is 0 Å². The molecule has 2 aliphatic rings. The number of hydrogen-bond donors (Lipinski definition) is 0. The smallest absolute Gasteiger partial charge is 0.236 e. The molecular weight excluding hydrogens is 338 g/mol. The number of hydrogen-bond acceptors (Lipinski definition) is 4. The van der Waals surface area contributed by atoms with Crippen LogP contribution in [-0.4, -0.2) is 75.7 Å². The first-order chi connectivity index (χ1) is 13.1. The summed E-state index contributed by atoms with van der Waals surface area (Å²) in [5.74, 6) is 0.732. The van der Waals surface area contributed by atoms with Gasteiger partial charge in [-0.05, 0) is 55.7 Å². The Balaban J connectivity index is 1.58.